The summed E-state index contributed by atoms with van der Waals surface area (Å²) < 4.78 is 15.0. The van der Waals surface area contributed by atoms with Crippen LogP contribution < -0.4 is 4.52 Å². The van der Waals surface area contributed by atoms with Crippen LogP contribution in [0.15, 0.2) is 8.71 Å². The SMILES string of the molecule is C[N+](C)(C)CCOp1oo1. The molecule has 1 aromatic rings. The first kappa shape index (κ1) is 7.92. The van der Waals surface area contributed by atoms with Crippen LogP contribution >= 0.6 is 8.24 Å². The van der Waals surface area contributed by atoms with Crippen LogP contribution in [0.2, 0.25) is 0 Å². The van der Waals surface area contributed by atoms with Crippen LogP contribution in [-0.2, 0) is 0 Å². The molecule has 0 saturated carbocycles. The maximum Gasteiger partial charge on any atom is 0.468 e. The molecule has 1 rings (SSSR count). The molecule has 1 aromatic heterocycles. The van der Waals surface area contributed by atoms with E-state index in [2.05, 4.69) is 29.9 Å². The maximum atomic E-state index is 5.13. The molecular weight excluding hydrogens is 153 g/mol. The van der Waals surface area contributed by atoms with Gasteiger partial charge in [0.15, 0.2) is 0 Å². The van der Waals surface area contributed by atoms with Gasteiger partial charge in [0.25, 0.3) is 0 Å². The van der Waals surface area contributed by atoms with Crippen molar-refractivity contribution in [2.75, 3.05) is 34.3 Å². The zero-order valence-electron chi connectivity index (χ0n) is 6.53. The Morgan fingerprint density at radius 1 is 1.30 bits per heavy atom. The fraction of sp³-hybridized carbons (Fsp3) is 1.00. The van der Waals surface area contributed by atoms with Crippen molar-refractivity contribution in [2.45, 2.75) is 0 Å². The maximum absolute atomic E-state index is 5.13. The van der Waals surface area contributed by atoms with E-state index in [0.717, 1.165) is 11.0 Å². The van der Waals surface area contributed by atoms with E-state index < -0.39 is 8.24 Å². The van der Waals surface area contributed by atoms with Crippen LogP contribution in [0, 0.1) is 0 Å². The molecule has 0 saturated heterocycles. The third-order valence-electron chi connectivity index (χ3n) is 1.09. The summed E-state index contributed by atoms with van der Waals surface area (Å²) in [7, 11) is 5.44. The lowest BCUT2D eigenvalue weighted by atomic mass is 10.5. The van der Waals surface area contributed by atoms with Crippen molar-refractivity contribution in [1.82, 2.24) is 0 Å². The van der Waals surface area contributed by atoms with Gasteiger partial charge >= 0.3 is 8.24 Å². The van der Waals surface area contributed by atoms with Gasteiger partial charge in [-0.05, 0) is 0 Å². The number of quaternary nitrogens is 1. The molecule has 0 radical (unpaired) electrons. The van der Waals surface area contributed by atoms with Gasteiger partial charge in [-0.1, -0.05) is 0 Å². The minimum atomic E-state index is -0.914. The van der Waals surface area contributed by atoms with Crippen molar-refractivity contribution in [3.05, 3.63) is 0 Å². The molecular formula is C5H13NO3P+. The summed E-state index contributed by atoms with van der Waals surface area (Å²) in [5.74, 6) is 0. The standard InChI is InChI=1S/C5H13NO3P/c1-6(2,3)4-5-7-10-8-9-10/h4-5H2,1-3H3/q+1. The van der Waals surface area contributed by atoms with E-state index >= 15 is 0 Å². The van der Waals surface area contributed by atoms with E-state index in [1.807, 2.05) is 0 Å². The van der Waals surface area contributed by atoms with Crippen LogP contribution in [0.4, 0.5) is 0 Å². The quantitative estimate of drug-likeness (QED) is 0.494. The van der Waals surface area contributed by atoms with Gasteiger partial charge in [0.1, 0.15) is 13.2 Å². The topological polar surface area (TPSA) is 35.5 Å². The summed E-state index contributed by atoms with van der Waals surface area (Å²) in [4.78, 5) is 0. The van der Waals surface area contributed by atoms with Gasteiger partial charge in [0, 0.05) is 0 Å². The average Bonchev–Trinajstić information content (AvgIpc) is 2.45. The number of likely N-dealkylation sites (N-methyl/N-ethyl adjacent to an activating group) is 1. The Kier molecular flexibility index (Phi) is 2.24. The number of hydrogen-bond acceptors (Lipinski definition) is 3. The Balaban J connectivity index is 2.01. The zero-order chi connectivity index (χ0) is 7.61. The first-order valence-corrected chi connectivity index (χ1v) is 4.26. The van der Waals surface area contributed by atoms with Crippen LogP contribution in [0.5, 0.6) is 0 Å². The second-order valence-corrected chi connectivity index (χ2v) is 4.22. The molecule has 0 aliphatic heterocycles. The molecule has 60 valence electrons. The molecule has 4 nitrogen and oxygen atoms in total. The lowest BCUT2D eigenvalue weighted by Gasteiger charge is -2.22. The van der Waals surface area contributed by atoms with Gasteiger partial charge < -0.3 is 4.48 Å². The molecule has 0 spiro atoms. The number of rotatable bonds is 4. The van der Waals surface area contributed by atoms with E-state index in [1.165, 1.54) is 0 Å². The van der Waals surface area contributed by atoms with E-state index in [9.17, 15) is 0 Å². The predicted molar refractivity (Wildman–Crippen MR) is 38.0 cm³/mol. The van der Waals surface area contributed by atoms with Gasteiger partial charge in [-0.2, -0.15) is 0 Å². The molecule has 0 bridgehead atoms. The molecule has 0 fully saturated rings. The van der Waals surface area contributed by atoms with Gasteiger partial charge in [-0.3, -0.25) is 4.52 Å². The van der Waals surface area contributed by atoms with Crippen molar-refractivity contribution >= 4 is 8.24 Å². The molecule has 0 aromatic carbocycles. The van der Waals surface area contributed by atoms with Gasteiger partial charge in [-0.15, -0.1) is 0 Å². The lowest BCUT2D eigenvalue weighted by Crippen LogP contribution is -2.37. The average molecular weight is 166 g/mol. The number of nitrogens with zero attached hydrogens (tertiary/aromatic N) is 1. The number of hydrogen-bond donors (Lipinski definition) is 0. The van der Waals surface area contributed by atoms with E-state index in [-0.39, 0.29) is 0 Å². The Morgan fingerprint density at radius 2 is 1.90 bits per heavy atom. The fourth-order valence-electron chi connectivity index (χ4n) is 0.446. The third-order valence-corrected chi connectivity index (χ3v) is 1.76. The second-order valence-electron chi connectivity index (χ2n) is 3.22. The summed E-state index contributed by atoms with van der Waals surface area (Å²) in [6, 6.07) is 0. The Hall–Kier alpha value is -0.180. The smallest absolute Gasteiger partial charge is 0.329 e. The Morgan fingerprint density at radius 3 is 2.30 bits per heavy atom. The van der Waals surface area contributed by atoms with Crippen LogP contribution in [0.25, 0.3) is 0 Å². The molecule has 5 heteroatoms. The first-order chi connectivity index (χ1) is 4.58. The molecule has 1 heterocycles. The highest BCUT2D eigenvalue weighted by atomic mass is 31.1. The fourth-order valence-corrected chi connectivity index (χ4v) is 0.872. The summed E-state index contributed by atoms with van der Waals surface area (Å²) in [6.07, 6.45) is 0. The molecule has 10 heavy (non-hydrogen) atoms. The minimum Gasteiger partial charge on any atom is -0.329 e. The highest BCUT2D eigenvalue weighted by Crippen LogP contribution is 2.31. The Labute approximate surface area is 61.2 Å². The molecule has 0 amide bonds. The van der Waals surface area contributed by atoms with Crippen molar-refractivity contribution in [3.63, 3.8) is 0 Å². The van der Waals surface area contributed by atoms with Gasteiger partial charge in [-0.25, -0.2) is 8.71 Å². The zero-order valence-corrected chi connectivity index (χ0v) is 7.43. The van der Waals surface area contributed by atoms with Gasteiger partial charge in [0.05, 0.1) is 21.1 Å². The van der Waals surface area contributed by atoms with Crippen molar-refractivity contribution in [2.24, 2.45) is 0 Å². The minimum absolute atomic E-state index is 0.704. The molecule has 0 aliphatic rings. The third kappa shape index (κ3) is 3.77. The highest BCUT2D eigenvalue weighted by molar-refractivity contribution is 7.33. The summed E-state index contributed by atoms with van der Waals surface area (Å²) in [6.45, 7) is 1.68. The van der Waals surface area contributed by atoms with E-state index in [0.29, 0.717) is 6.61 Å². The normalized spacial score (nSPS) is 12.7. The molecule has 0 atom stereocenters. The van der Waals surface area contributed by atoms with Crippen molar-refractivity contribution in [1.29, 1.82) is 0 Å². The first-order valence-electron chi connectivity index (χ1n) is 3.16. The predicted octanol–water partition coefficient (Wildman–Crippen LogP) is 0.994. The van der Waals surface area contributed by atoms with Gasteiger partial charge in [0.2, 0.25) is 0 Å². The van der Waals surface area contributed by atoms with Crippen molar-refractivity contribution < 1.29 is 17.7 Å². The summed E-state index contributed by atoms with van der Waals surface area (Å²) >= 11 is 0. The Bertz CT molecular complexity index is 162. The van der Waals surface area contributed by atoms with E-state index in [1.54, 1.807) is 0 Å². The molecule has 0 aliphatic carbocycles. The lowest BCUT2D eigenvalue weighted by molar-refractivity contribution is -0.870. The monoisotopic (exact) mass is 166 g/mol. The van der Waals surface area contributed by atoms with Crippen LogP contribution in [0.1, 0.15) is 0 Å². The second kappa shape index (κ2) is 2.82. The molecule has 0 unspecified atom stereocenters. The van der Waals surface area contributed by atoms with Crippen LogP contribution in [-0.4, -0.2) is 38.8 Å². The van der Waals surface area contributed by atoms with E-state index in [4.69, 9.17) is 4.52 Å². The summed E-state index contributed by atoms with van der Waals surface area (Å²) in [5, 5.41) is 0. The van der Waals surface area contributed by atoms with Crippen LogP contribution in [0.3, 0.4) is 0 Å². The summed E-state index contributed by atoms with van der Waals surface area (Å²) in [5.41, 5.74) is 0. The highest BCUT2D eigenvalue weighted by Gasteiger charge is 2.11. The van der Waals surface area contributed by atoms with Crippen molar-refractivity contribution in [3.8, 4) is 0 Å². The molecule has 0 N–H and O–H groups in total. The largest absolute Gasteiger partial charge is 0.468 e.